The molecule has 0 aliphatic carbocycles. The molecule has 1 atom stereocenters. The van der Waals surface area contributed by atoms with Crippen molar-refractivity contribution in [2.24, 2.45) is 0 Å². The molecule has 3 rings (SSSR count). The zero-order chi connectivity index (χ0) is 17.5. The number of piperazine rings is 1. The van der Waals surface area contributed by atoms with Gasteiger partial charge in [-0.15, -0.1) is 0 Å². The molecule has 1 N–H and O–H groups in total. The first-order chi connectivity index (χ1) is 11.2. The average Bonchev–Trinajstić information content (AvgIpc) is 2.90. The summed E-state index contributed by atoms with van der Waals surface area (Å²) in [6.07, 6.45) is 0.696. The van der Waals surface area contributed by atoms with Crippen LogP contribution in [-0.2, 0) is 19.9 Å². The Morgan fingerprint density at radius 1 is 1.12 bits per heavy atom. The van der Waals surface area contributed by atoms with Crippen molar-refractivity contribution in [3.05, 3.63) is 29.3 Å². The predicted molar refractivity (Wildman–Crippen MR) is 92.4 cm³/mol. The van der Waals surface area contributed by atoms with Crippen molar-refractivity contribution in [3.63, 3.8) is 0 Å². The van der Waals surface area contributed by atoms with Gasteiger partial charge in [-0.1, -0.05) is 6.07 Å². The number of benzene rings is 1. The minimum Gasteiger partial charge on any atom is -0.329 e. The smallest absolute Gasteiger partial charge is 0.243 e. The maximum atomic E-state index is 12.8. The van der Waals surface area contributed by atoms with Crippen molar-refractivity contribution in [1.82, 2.24) is 4.31 Å². The Hall–Kier alpha value is -0.960. The molecule has 0 aromatic heterocycles. The van der Waals surface area contributed by atoms with Crippen LogP contribution in [0.15, 0.2) is 23.1 Å². The lowest BCUT2D eigenvalue weighted by molar-refractivity contribution is -0.925. The zero-order valence-corrected chi connectivity index (χ0v) is 15.8. The number of hydrogen-bond acceptors (Lipinski definition) is 4. The molecule has 24 heavy (non-hydrogen) atoms. The first-order valence-electron chi connectivity index (χ1n) is 8.31. The molecule has 2 aliphatic rings. The summed E-state index contributed by atoms with van der Waals surface area (Å²) < 4.78 is 50.4. The second-order valence-corrected chi connectivity index (χ2v) is 11.1. The van der Waals surface area contributed by atoms with Crippen LogP contribution < -0.4 is 4.90 Å². The highest BCUT2D eigenvalue weighted by Gasteiger charge is 2.39. The van der Waals surface area contributed by atoms with Crippen LogP contribution in [0.25, 0.3) is 0 Å². The predicted octanol–water partition coefficient (Wildman–Crippen LogP) is -0.620. The lowest BCUT2D eigenvalue weighted by Gasteiger charge is -2.34. The Kier molecular flexibility index (Phi) is 4.76. The van der Waals surface area contributed by atoms with E-state index in [1.165, 1.54) is 9.21 Å². The van der Waals surface area contributed by atoms with Gasteiger partial charge in [0.25, 0.3) is 0 Å². The molecule has 8 heteroatoms. The van der Waals surface area contributed by atoms with E-state index in [0.29, 0.717) is 37.5 Å². The van der Waals surface area contributed by atoms with Gasteiger partial charge in [0.2, 0.25) is 10.0 Å². The number of nitrogens with zero attached hydrogens (tertiary/aromatic N) is 1. The molecule has 134 valence electrons. The van der Waals surface area contributed by atoms with E-state index in [-0.39, 0.29) is 17.5 Å². The molecule has 0 spiro atoms. The number of aryl methyl sites for hydroxylation is 2. The SMILES string of the molecule is Cc1ccc(S(=O)(=O)N2CC[NH+]([C@H]3CCS(=O)(=O)C3)CC2)cc1C. The van der Waals surface area contributed by atoms with E-state index in [1.807, 2.05) is 19.9 Å². The molecule has 1 aromatic carbocycles. The zero-order valence-electron chi connectivity index (χ0n) is 14.2. The van der Waals surface area contributed by atoms with Crippen LogP contribution >= 0.6 is 0 Å². The van der Waals surface area contributed by atoms with Crippen LogP contribution in [0.2, 0.25) is 0 Å². The molecular formula is C16H25N2O4S2+. The van der Waals surface area contributed by atoms with Gasteiger partial charge in [-0.3, -0.25) is 0 Å². The van der Waals surface area contributed by atoms with Gasteiger partial charge in [0.1, 0.15) is 11.8 Å². The minimum absolute atomic E-state index is 0.126. The van der Waals surface area contributed by atoms with Crippen molar-refractivity contribution in [2.75, 3.05) is 37.7 Å². The maximum Gasteiger partial charge on any atom is 0.243 e. The Bertz CT molecular complexity index is 826. The maximum absolute atomic E-state index is 12.8. The second kappa shape index (κ2) is 6.40. The molecule has 0 unspecified atom stereocenters. The van der Waals surface area contributed by atoms with Crippen molar-refractivity contribution in [1.29, 1.82) is 0 Å². The minimum atomic E-state index is -3.47. The van der Waals surface area contributed by atoms with Crippen molar-refractivity contribution in [2.45, 2.75) is 31.2 Å². The summed E-state index contributed by atoms with van der Waals surface area (Å²) in [7, 11) is -6.36. The van der Waals surface area contributed by atoms with Crippen LogP contribution in [0, 0.1) is 13.8 Å². The van der Waals surface area contributed by atoms with Gasteiger partial charge in [0.15, 0.2) is 9.84 Å². The molecule has 0 amide bonds. The van der Waals surface area contributed by atoms with Gasteiger partial charge in [-0.2, -0.15) is 4.31 Å². The van der Waals surface area contributed by atoms with Crippen molar-refractivity contribution >= 4 is 19.9 Å². The summed E-state index contributed by atoms with van der Waals surface area (Å²) in [5, 5.41) is 0. The Balaban J connectivity index is 1.68. The van der Waals surface area contributed by atoms with Gasteiger partial charge < -0.3 is 4.90 Å². The topological polar surface area (TPSA) is 76.0 Å². The normalized spacial score (nSPS) is 25.8. The Morgan fingerprint density at radius 3 is 2.33 bits per heavy atom. The van der Waals surface area contributed by atoms with E-state index in [0.717, 1.165) is 11.1 Å². The largest absolute Gasteiger partial charge is 0.329 e. The fraction of sp³-hybridized carbons (Fsp3) is 0.625. The number of rotatable bonds is 3. The van der Waals surface area contributed by atoms with E-state index in [9.17, 15) is 16.8 Å². The summed E-state index contributed by atoms with van der Waals surface area (Å²) in [6, 6.07) is 5.36. The Labute approximate surface area is 144 Å². The third-order valence-electron chi connectivity index (χ3n) is 5.29. The lowest BCUT2D eigenvalue weighted by atomic mass is 10.1. The van der Waals surface area contributed by atoms with Crippen LogP contribution in [0.3, 0.4) is 0 Å². The summed E-state index contributed by atoms with van der Waals surface area (Å²) in [5.41, 5.74) is 2.04. The fourth-order valence-corrected chi connectivity index (χ4v) is 6.92. The molecule has 0 saturated carbocycles. The number of quaternary nitrogens is 1. The third-order valence-corrected chi connectivity index (χ3v) is 8.95. The Morgan fingerprint density at radius 2 is 1.79 bits per heavy atom. The van der Waals surface area contributed by atoms with E-state index < -0.39 is 19.9 Å². The molecule has 6 nitrogen and oxygen atoms in total. The first kappa shape index (κ1) is 17.8. The van der Waals surface area contributed by atoms with Gasteiger partial charge in [-0.05, 0) is 37.1 Å². The molecule has 0 bridgehead atoms. The van der Waals surface area contributed by atoms with E-state index in [1.54, 1.807) is 12.1 Å². The molecule has 2 aliphatic heterocycles. The third kappa shape index (κ3) is 3.51. The van der Waals surface area contributed by atoms with E-state index in [2.05, 4.69) is 0 Å². The van der Waals surface area contributed by atoms with Crippen LogP contribution in [0.1, 0.15) is 17.5 Å². The standard InChI is InChI=1S/C16H24N2O4S2/c1-13-3-4-16(11-14(13)2)24(21,22)18-8-6-17(7-9-18)15-5-10-23(19,20)12-15/h3-4,11,15H,5-10,12H2,1-2H3/p+1/t15-/m0/s1. The highest BCUT2D eigenvalue weighted by atomic mass is 32.2. The monoisotopic (exact) mass is 373 g/mol. The van der Waals surface area contributed by atoms with Crippen LogP contribution in [0.5, 0.6) is 0 Å². The van der Waals surface area contributed by atoms with Gasteiger partial charge in [0.05, 0.1) is 36.8 Å². The van der Waals surface area contributed by atoms with Gasteiger partial charge in [-0.25, -0.2) is 16.8 Å². The molecule has 0 radical (unpaired) electrons. The van der Waals surface area contributed by atoms with Gasteiger partial charge in [0, 0.05) is 6.42 Å². The van der Waals surface area contributed by atoms with Crippen LogP contribution in [-0.4, -0.2) is 64.9 Å². The molecule has 1 aromatic rings. The lowest BCUT2D eigenvalue weighted by Crippen LogP contribution is -3.18. The van der Waals surface area contributed by atoms with Crippen molar-refractivity contribution in [3.8, 4) is 0 Å². The highest BCUT2D eigenvalue weighted by Crippen LogP contribution is 2.19. The summed E-state index contributed by atoms with van der Waals surface area (Å²) in [5.74, 6) is 0.512. The fourth-order valence-electron chi connectivity index (χ4n) is 3.56. The molecular weight excluding hydrogens is 348 g/mol. The number of sulfonamides is 1. The molecule has 2 fully saturated rings. The molecule has 2 saturated heterocycles. The number of hydrogen-bond donors (Lipinski definition) is 1. The number of nitrogens with one attached hydrogen (secondary N) is 1. The van der Waals surface area contributed by atoms with Crippen molar-refractivity contribution < 1.29 is 21.7 Å². The number of sulfone groups is 1. The summed E-state index contributed by atoms with van der Waals surface area (Å²) in [4.78, 5) is 1.57. The molecule has 2 heterocycles. The summed E-state index contributed by atoms with van der Waals surface area (Å²) >= 11 is 0. The first-order valence-corrected chi connectivity index (χ1v) is 11.6. The summed E-state index contributed by atoms with van der Waals surface area (Å²) in [6.45, 7) is 6.11. The quantitative estimate of drug-likeness (QED) is 0.766. The van der Waals surface area contributed by atoms with Gasteiger partial charge >= 0.3 is 0 Å². The van der Waals surface area contributed by atoms with E-state index in [4.69, 9.17) is 0 Å². The van der Waals surface area contributed by atoms with Crippen LogP contribution in [0.4, 0.5) is 0 Å². The van der Waals surface area contributed by atoms with E-state index >= 15 is 0 Å². The second-order valence-electron chi connectivity index (χ2n) is 6.91. The average molecular weight is 374 g/mol. The highest BCUT2D eigenvalue weighted by molar-refractivity contribution is 7.91.